The first-order valence-electron chi connectivity index (χ1n) is 5.79. The topological polar surface area (TPSA) is 23.5 Å². The van der Waals surface area contributed by atoms with Crippen molar-refractivity contribution in [3.63, 3.8) is 0 Å². The lowest BCUT2D eigenvalue weighted by atomic mass is 10.2. The Hall–Kier alpha value is -1.02. The Balaban J connectivity index is 1.97. The maximum absolute atomic E-state index is 9.91. The van der Waals surface area contributed by atoms with Crippen LogP contribution in [-0.2, 0) is 0 Å². The number of nitrogens with zero attached hydrogens (tertiary/aromatic N) is 1. The molecule has 1 fully saturated rings. The highest BCUT2D eigenvalue weighted by Gasteiger charge is 2.30. The lowest BCUT2D eigenvalue weighted by molar-refractivity contribution is 0.157. The first kappa shape index (κ1) is 10.5. The smallest absolute Gasteiger partial charge is 0.0743 e. The van der Waals surface area contributed by atoms with E-state index >= 15 is 0 Å². The number of hydrogen-bond acceptors (Lipinski definition) is 2. The van der Waals surface area contributed by atoms with Crippen LogP contribution in [0.3, 0.4) is 0 Å². The molecular formula is C13H19NO. The monoisotopic (exact) mass is 205 g/mol. The Morgan fingerprint density at radius 1 is 1.33 bits per heavy atom. The van der Waals surface area contributed by atoms with Gasteiger partial charge in [0, 0.05) is 18.8 Å². The van der Waals surface area contributed by atoms with Gasteiger partial charge in [0.1, 0.15) is 0 Å². The van der Waals surface area contributed by atoms with Crippen LogP contribution in [0.4, 0.5) is 5.69 Å². The molecule has 0 amide bonds. The lowest BCUT2D eigenvalue weighted by Crippen LogP contribution is -2.33. The van der Waals surface area contributed by atoms with Crippen molar-refractivity contribution in [2.45, 2.75) is 25.9 Å². The van der Waals surface area contributed by atoms with Gasteiger partial charge in [0.25, 0.3) is 0 Å². The highest BCUT2D eigenvalue weighted by atomic mass is 16.3. The van der Waals surface area contributed by atoms with Gasteiger partial charge in [-0.1, -0.05) is 18.2 Å². The molecule has 2 heteroatoms. The zero-order valence-electron chi connectivity index (χ0n) is 9.26. The fourth-order valence-electron chi connectivity index (χ4n) is 1.91. The molecule has 1 aromatic carbocycles. The molecule has 1 atom stereocenters. The van der Waals surface area contributed by atoms with E-state index in [2.05, 4.69) is 24.0 Å². The zero-order valence-corrected chi connectivity index (χ0v) is 9.26. The molecule has 1 aliphatic carbocycles. The van der Waals surface area contributed by atoms with E-state index in [1.807, 2.05) is 18.2 Å². The van der Waals surface area contributed by atoms with Crippen molar-refractivity contribution in [2.24, 2.45) is 5.92 Å². The van der Waals surface area contributed by atoms with Crippen LogP contribution in [0.25, 0.3) is 0 Å². The van der Waals surface area contributed by atoms with Crippen LogP contribution in [0.2, 0.25) is 0 Å². The standard InChI is InChI=1S/C13H19NO/c1-2-14(10-13(15)11-8-9-11)12-6-4-3-5-7-12/h3-7,11,13,15H,2,8-10H2,1H3. The molecule has 1 aromatic rings. The maximum atomic E-state index is 9.91. The predicted molar refractivity (Wildman–Crippen MR) is 63.1 cm³/mol. The molecule has 0 bridgehead atoms. The highest BCUT2D eigenvalue weighted by Crippen LogP contribution is 2.33. The Kier molecular flexibility index (Phi) is 3.27. The number of aliphatic hydroxyl groups excluding tert-OH is 1. The molecule has 1 aliphatic rings. The third-order valence-corrected chi connectivity index (χ3v) is 3.08. The molecular weight excluding hydrogens is 186 g/mol. The molecule has 0 heterocycles. The minimum Gasteiger partial charge on any atom is -0.391 e. The quantitative estimate of drug-likeness (QED) is 0.797. The molecule has 15 heavy (non-hydrogen) atoms. The first-order chi connectivity index (χ1) is 7.31. The number of rotatable bonds is 5. The van der Waals surface area contributed by atoms with Gasteiger partial charge in [0.15, 0.2) is 0 Å². The average molecular weight is 205 g/mol. The van der Waals surface area contributed by atoms with Gasteiger partial charge in [-0.05, 0) is 37.8 Å². The van der Waals surface area contributed by atoms with Gasteiger partial charge >= 0.3 is 0 Å². The minimum absolute atomic E-state index is 0.148. The van der Waals surface area contributed by atoms with E-state index in [0.29, 0.717) is 5.92 Å². The van der Waals surface area contributed by atoms with Crippen molar-refractivity contribution in [3.05, 3.63) is 30.3 Å². The molecule has 2 rings (SSSR count). The molecule has 82 valence electrons. The zero-order chi connectivity index (χ0) is 10.7. The summed E-state index contributed by atoms with van der Waals surface area (Å²) in [5.41, 5.74) is 1.21. The van der Waals surface area contributed by atoms with E-state index in [4.69, 9.17) is 0 Å². The van der Waals surface area contributed by atoms with Crippen LogP contribution in [-0.4, -0.2) is 24.3 Å². The summed E-state index contributed by atoms with van der Waals surface area (Å²) in [5.74, 6) is 0.558. The first-order valence-corrected chi connectivity index (χ1v) is 5.79. The lowest BCUT2D eigenvalue weighted by Gasteiger charge is -2.25. The number of anilines is 1. The SMILES string of the molecule is CCN(CC(O)C1CC1)c1ccccc1. The fourth-order valence-corrected chi connectivity index (χ4v) is 1.91. The minimum atomic E-state index is -0.148. The van der Waals surface area contributed by atoms with E-state index < -0.39 is 0 Å². The van der Waals surface area contributed by atoms with Gasteiger partial charge in [-0.15, -0.1) is 0 Å². The molecule has 0 saturated heterocycles. The molecule has 1 saturated carbocycles. The predicted octanol–water partition coefficient (Wildman–Crippen LogP) is 2.28. The number of hydrogen-bond donors (Lipinski definition) is 1. The van der Waals surface area contributed by atoms with Crippen LogP contribution < -0.4 is 4.90 Å². The van der Waals surface area contributed by atoms with E-state index in [0.717, 1.165) is 13.1 Å². The van der Waals surface area contributed by atoms with Crippen LogP contribution in [0.1, 0.15) is 19.8 Å². The maximum Gasteiger partial charge on any atom is 0.0743 e. The molecule has 1 unspecified atom stereocenters. The Labute approximate surface area is 91.5 Å². The summed E-state index contributed by atoms with van der Waals surface area (Å²) in [6.07, 6.45) is 2.26. The highest BCUT2D eigenvalue weighted by molar-refractivity contribution is 5.45. The van der Waals surface area contributed by atoms with Crippen LogP contribution in [0.15, 0.2) is 30.3 Å². The summed E-state index contributed by atoms with van der Waals surface area (Å²) in [7, 11) is 0. The van der Waals surface area contributed by atoms with Crippen molar-refractivity contribution >= 4 is 5.69 Å². The summed E-state index contributed by atoms with van der Waals surface area (Å²) in [5, 5.41) is 9.91. The van der Waals surface area contributed by atoms with Gasteiger partial charge < -0.3 is 10.0 Å². The van der Waals surface area contributed by atoms with Gasteiger partial charge in [-0.2, -0.15) is 0 Å². The van der Waals surface area contributed by atoms with E-state index in [9.17, 15) is 5.11 Å². The second kappa shape index (κ2) is 4.67. The average Bonchev–Trinajstić information content (AvgIpc) is 3.10. The number of para-hydroxylation sites is 1. The van der Waals surface area contributed by atoms with Crippen LogP contribution in [0.5, 0.6) is 0 Å². The molecule has 0 aromatic heterocycles. The number of aliphatic hydroxyl groups is 1. The van der Waals surface area contributed by atoms with E-state index in [1.54, 1.807) is 0 Å². The van der Waals surface area contributed by atoms with Crippen molar-refractivity contribution in [3.8, 4) is 0 Å². The van der Waals surface area contributed by atoms with Gasteiger partial charge in [0.05, 0.1) is 6.10 Å². The normalized spacial score (nSPS) is 17.5. The summed E-state index contributed by atoms with van der Waals surface area (Å²) in [6, 6.07) is 10.3. The van der Waals surface area contributed by atoms with Gasteiger partial charge in [-0.25, -0.2) is 0 Å². The van der Waals surface area contributed by atoms with Crippen molar-refractivity contribution < 1.29 is 5.11 Å². The molecule has 2 nitrogen and oxygen atoms in total. The number of benzene rings is 1. The van der Waals surface area contributed by atoms with Crippen molar-refractivity contribution in [2.75, 3.05) is 18.0 Å². The van der Waals surface area contributed by atoms with Crippen molar-refractivity contribution in [1.29, 1.82) is 0 Å². The van der Waals surface area contributed by atoms with Gasteiger partial charge in [-0.3, -0.25) is 0 Å². The molecule has 1 N–H and O–H groups in total. The molecule has 0 radical (unpaired) electrons. The van der Waals surface area contributed by atoms with Crippen molar-refractivity contribution in [1.82, 2.24) is 0 Å². The Morgan fingerprint density at radius 3 is 2.53 bits per heavy atom. The number of likely N-dealkylation sites (N-methyl/N-ethyl adjacent to an activating group) is 1. The second-order valence-corrected chi connectivity index (χ2v) is 4.28. The van der Waals surface area contributed by atoms with E-state index in [-0.39, 0.29) is 6.10 Å². The van der Waals surface area contributed by atoms with Gasteiger partial charge in [0.2, 0.25) is 0 Å². The summed E-state index contributed by atoms with van der Waals surface area (Å²) in [6.45, 7) is 3.85. The molecule has 0 spiro atoms. The van der Waals surface area contributed by atoms with E-state index in [1.165, 1.54) is 18.5 Å². The fraction of sp³-hybridized carbons (Fsp3) is 0.538. The largest absolute Gasteiger partial charge is 0.391 e. The Morgan fingerprint density at radius 2 is 2.00 bits per heavy atom. The summed E-state index contributed by atoms with van der Waals surface area (Å²) < 4.78 is 0. The summed E-state index contributed by atoms with van der Waals surface area (Å²) in [4.78, 5) is 2.24. The third-order valence-electron chi connectivity index (χ3n) is 3.08. The Bertz CT molecular complexity index is 295. The third kappa shape index (κ3) is 2.72. The van der Waals surface area contributed by atoms with Crippen LogP contribution in [0, 0.1) is 5.92 Å². The van der Waals surface area contributed by atoms with Crippen LogP contribution >= 0.6 is 0 Å². The summed E-state index contributed by atoms with van der Waals surface area (Å²) >= 11 is 0. The molecule has 0 aliphatic heterocycles. The second-order valence-electron chi connectivity index (χ2n) is 4.28.